The van der Waals surface area contributed by atoms with Crippen molar-refractivity contribution in [2.45, 2.75) is 24.2 Å². The van der Waals surface area contributed by atoms with E-state index in [1.165, 1.54) is 0 Å². The number of hydrogen-bond acceptors (Lipinski definition) is 3. The first-order valence-electron chi connectivity index (χ1n) is 7.21. The molecule has 23 heavy (non-hydrogen) atoms. The normalized spacial score (nSPS) is 12.2. The highest BCUT2D eigenvalue weighted by Gasteiger charge is 2.17. The number of aromatic nitrogens is 1. The maximum atomic E-state index is 11.5. The van der Waals surface area contributed by atoms with Crippen LogP contribution in [-0.4, -0.2) is 33.5 Å². The molecule has 0 aliphatic heterocycles. The zero-order chi connectivity index (χ0) is 16.8. The third kappa shape index (κ3) is 5.20. The Morgan fingerprint density at radius 2 is 1.83 bits per heavy atom. The molecule has 0 saturated heterocycles. The third-order valence-corrected chi connectivity index (χ3v) is 3.84. The van der Waals surface area contributed by atoms with Gasteiger partial charge in [-0.15, -0.1) is 0 Å². The number of aliphatic hydroxyl groups excluding tert-OH is 1. The fourth-order valence-electron chi connectivity index (χ4n) is 2.18. The molecule has 1 aromatic heterocycles. The van der Waals surface area contributed by atoms with E-state index >= 15 is 0 Å². The lowest BCUT2D eigenvalue weighted by atomic mass is 10.0. The topological polar surface area (TPSA) is 62.2 Å². The van der Waals surface area contributed by atoms with Crippen LogP contribution in [0, 0.1) is 6.92 Å². The molecule has 6 heteroatoms. The Kier molecular flexibility index (Phi) is 6.39. The molecule has 1 amide bonds. The number of halogens is 2. The minimum absolute atomic E-state index is 0.185. The minimum atomic E-state index is -1.14. The maximum Gasteiger partial charge on any atom is 0.253 e. The van der Waals surface area contributed by atoms with E-state index < -0.39 is 16.8 Å². The van der Waals surface area contributed by atoms with Crippen LogP contribution in [0.2, 0.25) is 0 Å². The quantitative estimate of drug-likeness (QED) is 0.785. The number of pyridine rings is 1. The van der Waals surface area contributed by atoms with E-state index in [9.17, 15) is 9.90 Å². The Balaban J connectivity index is 2.04. The van der Waals surface area contributed by atoms with Gasteiger partial charge in [0.2, 0.25) is 0 Å². The van der Waals surface area contributed by atoms with Crippen molar-refractivity contribution in [2.75, 3.05) is 6.61 Å². The van der Waals surface area contributed by atoms with Crippen LogP contribution in [0.1, 0.15) is 11.3 Å². The highest BCUT2D eigenvalue weighted by atomic mass is 35.5. The summed E-state index contributed by atoms with van der Waals surface area (Å²) in [5.74, 6) is -0.505. The van der Waals surface area contributed by atoms with E-state index in [-0.39, 0.29) is 6.61 Å². The van der Waals surface area contributed by atoms with Gasteiger partial charge in [0, 0.05) is 17.5 Å². The average Bonchev–Trinajstić information content (AvgIpc) is 2.55. The van der Waals surface area contributed by atoms with Gasteiger partial charge in [-0.3, -0.25) is 9.78 Å². The SMILES string of the molecule is Cc1ccc(-c2ccc(C[C@@H](CO)NC(=O)C(Cl)Cl)cc2)cn1. The number of alkyl halides is 2. The fourth-order valence-corrected chi connectivity index (χ4v) is 2.31. The van der Waals surface area contributed by atoms with Crippen molar-refractivity contribution >= 4 is 29.1 Å². The fraction of sp³-hybridized carbons (Fsp3) is 0.294. The summed E-state index contributed by atoms with van der Waals surface area (Å²) in [5.41, 5.74) is 4.08. The molecule has 0 radical (unpaired) electrons. The molecule has 0 fully saturated rings. The van der Waals surface area contributed by atoms with E-state index in [2.05, 4.69) is 10.3 Å². The molecule has 2 aromatic rings. The van der Waals surface area contributed by atoms with E-state index in [0.29, 0.717) is 6.42 Å². The summed E-state index contributed by atoms with van der Waals surface area (Å²) in [6.07, 6.45) is 2.33. The summed E-state index contributed by atoms with van der Waals surface area (Å²) >= 11 is 11.0. The van der Waals surface area contributed by atoms with Crippen LogP contribution in [0.3, 0.4) is 0 Å². The lowest BCUT2D eigenvalue weighted by Crippen LogP contribution is -2.41. The Morgan fingerprint density at radius 3 is 2.35 bits per heavy atom. The molecular formula is C17H18Cl2N2O2. The molecule has 4 nitrogen and oxygen atoms in total. The summed E-state index contributed by atoms with van der Waals surface area (Å²) in [6, 6.07) is 11.5. The molecule has 0 aliphatic carbocycles. The number of hydrogen-bond donors (Lipinski definition) is 2. The second-order valence-electron chi connectivity index (χ2n) is 5.28. The zero-order valence-corrected chi connectivity index (χ0v) is 14.2. The molecule has 0 saturated carbocycles. The Hall–Kier alpha value is -1.62. The smallest absolute Gasteiger partial charge is 0.253 e. The van der Waals surface area contributed by atoms with Crippen molar-refractivity contribution in [1.82, 2.24) is 10.3 Å². The Labute approximate surface area is 145 Å². The average molecular weight is 353 g/mol. The summed E-state index contributed by atoms with van der Waals surface area (Å²) in [7, 11) is 0. The van der Waals surface area contributed by atoms with Gasteiger partial charge >= 0.3 is 0 Å². The molecule has 2 rings (SSSR count). The molecule has 1 aromatic carbocycles. The first kappa shape index (κ1) is 17.7. The number of rotatable bonds is 6. The molecule has 122 valence electrons. The number of amides is 1. The molecule has 0 unspecified atom stereocenters. The number of carbonyl (C=O) groups excluding carboxylic acids is 1. The van der Waals surface area contributed by atoms with E-state index in [1.807, 2.05) is 49.5 Å². The summed E-state index contributed by atoms with van der Waals surface area (Å²) in [6.45, 7) is 1.76. The van der Waals surface area contributed by atoms with Gasteiger partial charge in [-0.1, -0.05) is 53.5 Å². The first-order chi connectivity index (χ1) is 11.0. The maximum absolute atomic E-state index is 11.5. The number of benzene rings is 1. The highest BCUT2D eigenvalue weighted by molar-refractivity contribution is 6.53. The number of carbonyl (C=O) groups is 1. The predicted molar refractivity (Wildman–Crippen MR) is 92.6 cm³/mol. The number of nitrogens with zero attached hydrogens (tertiary/aromatic N) is 1. The number of nitrogens with one attached hydrogen (secondary N) is 1. The van der Waals surface area contributed by atoms with Crippen molar-refractivity contribution in [3.63, 3.8) is 0 Å². The lowest BCUT2D eigenvalue weighted by Gasteiger charge is -2.17. The third-order valence-electron chi connectivity index (χ3n) is 3.45. The van der Waals surface area contributed by atoms with Crippen LogP contribution in [0.5, 0.6) is 0 Å². The molecule has 1 atom stereocenters. The van der Waals surface area contributed by atoms with Crippen LogP contribution >= 0.6 is 23.2 Å². The van der Waals surface area contributed by atoms with Crippen molar-refractivity contribution < 1.29 is 9.90 Å². The van der Waals surface area contributed by atoms with Gasteiger partial charge in [-0.25, -0.2) is 0 Å². The van der Waals surface area contributed by atoms with E-state index in [4.69, 9.17) is 23.2 Å². The van der Waals surface area contributed by atoms with Crippen LogP contribution < -0.4 is 5.32 Å². The molecular weight excluding hydrogens is 335 g/mol. The molecule has 2 N–H and O–H groups in total. The van der Waals surface area contributed by atoms with Gasteiger partial charge in [0.25, 0.3) is 5.91 Å². The van der Waals surface area contributed by atoms with Crippen molar-refractivity contribution in [2.24, 2.45) is 0 Å². The van der Waals surface area contributed by atoms with E-state index in [1.54, 1.807) is 0 Å². The van der Waals surface area contributed by atoms with Gasteiger partial charge in [0.05, 0.1) is 12.6 Å². The number of aryl methyl sites for hydroxylation is 1. The second-order valence-corrected chi connectivity index (χ2v) is 6.37. The lowest BCUT2D eigenvalue weighted by molar-refractivity contribution is -0.120. The van der Waals surface area contributed by atoms with Gasteiger partial charge in [0.1, 0.15) is 0 Å². The summed E-state index contributed by atoms with van der Waals surface area (Å²) in [4.78, 5) is 14.6. The van der Waals surface area contributed by atoms with Gasteiger partial charge in [-0.2, -0.15) is 0 Å². The van der Waals surface area contributed by atoms with E-state index in [0.717, 1.165) is 22.4 Å². The predicted octanol–water partition coefficient (Wildman–Crippen LogP) is 2.88. The Bertz CT molecular complexity index is 643. The first-order valence-corrected chi connectivity index (χ1v) is 8.08. The monoisotopic (exact) mass is 352 g/mol. The Morgan fingerprint density at radius 1 is 1.17 bits per heavy atom. The zero-order valence-electron chi connectivity index (χ0n) is 12.7. The largest absolute Gasteiger partial charge is 0.394 e. The summed E-state index contributed by atoms with van der Waals surface area (Å²) < 4.78 is 0. The molecule has 0 spiro atoms. The molecule has 0 bridgehead atoms. The van der Waals surface area contributed by atoms with Gasteiger partial charge in [0.15, 0.2) is 4.84 Å². The second kappa shape index (κ2) is 8.29. The van der Waals surface area contributed by atoms with Crippen LogP contribution in [-0.2, 0) is 11.2 Å². The van der Waals surface area contributed by atoms with Gasteiger partial charge in [-0.05, 0) is 30.5 Å². The van der Waals surface area contributed by atoms with Crippen molar-refractivity contribution in [3.8, 4) is 11.1 Å². The highest BCUT2D eigenvalue weighted by Crippen LogP contribution is 2.19. The van der Waals surface area contributed by atoms with Crippen LogP contribution in [0.15, 0.2) is 42.6 Å². The molecule has 1 heterocycles. The summed E-state index contributed by atoms with van der Waals surface area (Å²) in [5, 5.41) is 12.0. The standard InChI is InChI=1S/C17H18Cl2N2O2/c1-11-2-5-14(9-20-11)13-6-3-12(4-7-13)8-15(10-22)21-17(23)16(18)19/h2-7,9,15-16,22H,8,10H2,1H3,(H,21,23)/t15-/m0/s1. The van der Waals surface area contributed by atoms with Crippen LogP contribution in [0.25, 0.3) is 11.1 Å². The van der Waals surface area contributed by atoms with Crippen molar-refractivity contribution in [3.05, 3.63) is 53.9 Å². The van der Waals surface area contributed by atoms with Gasteiger partial charge < -0.3 is 10.4 Å². The van der Waals surface area contributed by atoms with Crippen LogP contribution in [0.4, 0.5) is 0 Å². The molecule has 0 aliphatic rings. The minimum Gasteiger partial charge on any atom is -0.394 e. The van der Waals surface area contributed by atoms with Crippen molar-refractivity contribution in [1.29, 1.82) is 0 Å². The number of aliphatic hydroxyl groups is 1.